The lowest BCUT2D eigenvalue weighted by atomic mass is 10.00. The predicted octanol–water partition coefficient (Wildman–Crippen LogP) is 3.38. The highest BCUT2D eigenvalue weighted by atomic mass is 16.6. The van der Waals surface area contributed by atoms with E-state index >= 15 is 0 Å². The van der Waals surface area contributed by atoms with Crippen LogP contribution in [0.5, 0.6) is 0 Å². The van der Waals surface area contributed by atoms with E-state index in [1.807, 2.05) is 36.4 Å². The van der Waals surface area contributed by atoms with Gasteiger partial charge in [-0.15, -0.1) is 0 Å². The molecule has 0 unspecified atom stereocenters. The van der Waals surface area contributed by atoms with E-state index < -0.39 is 17.5 Å². The molecule has 144 valence electrons. The molecule has 0 saturated carbocycles. The summed E-state index contributed by atoms with van der Waals surface area (Å²) < 4.78 is 5.10. The second-order valence-corrected chi connectivity index (χ2v) is 6.47. The number of carbonyl (C=O) groups excluding carboxylic acids is 2. The number of benzene rings is 2. The molecule has 7 heteroatoms. The normalized spacial score (nSPS) is 13.6. The smallest absolute Gasteiger partial charge is 0.339 e. The van der Waals surface area contributed by atoms with Gasteiger partial charge < -0.3 is 9.64 Å². The maximum absolute atomic E-state index is 12.3. The molecule has 2 aromatic rings. The number of esters is 1. The van der Waals surface area contributed by atoms with Crippen molar-refractivity contribution in [1.82, 2.24) is 4.90 Å². The minimum atomic E-state index is -0.743. The van der Waals surface area contributed by atoms with Crippen molar-refractivity contribution in [2.75, 3.05) is 19.7 Å². The van der Waals surface area contributed by atoms with E-state index in [9.17, 15) is 19.7 Å². The van der Waals surface area contributed by atoms with Crippen LogP contribution in [0.3, 0.4) is 0 Å². The number of hydrogen-bond acceptors (Lipinski definition) is 5. The Hall–Kier alpha value is -3.48. The van der Waals surface area contributed by atoms with Gasteiger partial charge >= 0.3 is 5.97 Å². The summed E-state index contributed by atoms with van der Waals surface area (Å²) in [4.78, 5) is 36.6. The Labute approximate surface area is 162 Å². The summed E-state index contributed by atoms with van der Waals surface area (Å²) >= 11 is 0. The molecule has 7 nitrogen and oxygen atoms in total. The number of hydrogen-bond donors (Lipinski definition) is 0. The summed E-state index contributed by atoms with van der Waals surface area (Å²) in [7, 11) is 0. The monoisotopic (exact) mass is 380 g/mol. The zero-order valence-corrected chi connectivity index (χ0v) is 15.5. The molecule has 1 heterocycles. The molecular formula is C21H20N2O5. The van der Waals surface area contributed by atoms with Crippen LogP contribution in [-0.2, 0) is 9.53 Å². The SMILES string of the molecule is Cc1c(C(=O)OCC(=O)N2CC=C(c3ccccc3)CC2)cccc1[N+](=O)[O-]. The van der Waals surface area contributed by atoms with Gasteiger partial charge in [0.25, 0.3) is 11.6 Å². The summed E-state index contributed by atoms with van der Waals surface area (Å²) in [5, 5.41) is 11.0. The first-order chi connectivity index (χ1) is 13.5. The van der Waals surface area contributed by atoms with E-state index in [0.717, 1.165) is 12.0 Å². The van der Waals surface area contributed by atoms with E-state index in [4.69, 9.17) is 4.74 Å². The number of nitrogens with zero attached hydrogens (tertiary/aromatic N) is 2. The number of nitro benzene ring substituents is 1. The maximum Gasteiger partial charge on any atom is 0.339 e. The molecule has 1 aliphatic rings. The molecule has 1 aliphatic heterocycles. The minimum Gasteiger partial charge on any atom is -0.452 e. The zero-order valence-electron chi connectivity index (χ0n) is 15.5. The Balaban J connectivity index is 1.58. The van der Waals surface area contributed by atoms with E-state index in [1.165, 1.54) is 30.7 Å². The van der Waals surface area contributed by atoms with Crippen LogP contribution < -0.4 is 0 Å². The number of amides is 1. The van der Waals surface area contributed by atoms with Crippen LogP contribution in [0.1, 0.15) is 27.9 Å². The molecular weight excluding hydrogens is 360 g/mol. The van der Waals surface area contributed by atoms with Gasteiger partial charge in [-0.3, -0.25) is 14.9 Å². The highest BCUT2D eigenvalue weighted by Crippen LogP contribution is 2.23. The first-order valence-electron chi connectivity index (χ1n) is 8.90. The molecule has 0 atom stereocenters. The van der Waals surface area contributed by atoms with Gasteiger partial charge in [0, 0.05) is 24.7 Å². The largest absolute Gasteiger partial charge is 0.452 e. The van der Waals surface area contributed by atoms with Crippen molar-refractivity contribution in [3.8, 4) is 0 Å². The van der Waals surface area contributed by atoms with Crippen molar-refractivity contribution >= 4 is 23.1 Å². The van der Waals surface area contributed by atoms with Crippen LogP contribution in [0.25, 0.3) is 5.57 Å². The van der Waals surface area contributed by atoms with Crippen molar-refractivity contribution in [1.29, 1.82) is 0 Å². The Morgan fingerprint density at radius 2 is 1.89 bits per heavy atom. The maximum atomic E-state index is 12.3. The summed E-state index contributed by atoms with van der Waals surface area (Å²) in [5.74, 6) is -1.04. The Morgan fingerprint density at radius 1 is 1.14 bits per heavy atom. The summed E-state index contributed by atoms with van der Waals surface area (Å²) in [6.07, 6.45) is 2.73. The highest BCUT2D eigenvalue weighted by Gasteiger charge is 2.22. The molecule has 28 heavy (non-hydrogen) atoms. The van der Waals surface area contributed by atoms with Crippen molar-refractivity contribution in [2.45, 2.75) is 13.3 Å². The van der Waals surface area contributed by atoms with Gasteiger partial charge in [-0.2, -0.15) is 0 Å². The topological polar surface area (TPSA) is 89.8 Å². The lowest BCUT2D eigenvalue weighted by Gasteiger charge is -2.26. The molecule has 0 aromatic heterocycles. The first-order valence-corrected chi connectivity index (χ1v) is 8.90. The molecule has 0 saturated heterocycles. The quantitative estimate of drug-likeness (QED) is 0.451. The number of carbonyl (C=O) groups is 2. The molecule has 0 N–H and O–H groups in total. The molecule has 2 aromatic carbocycles. The van der Waals surface area contributed by atoms with E-state index in [1.54, 1.807) is 4.90 Å². The summed E-state index contributed by atoms with van der Waals surface area (Å²) in [5.41, 5.74) is 2.48. The molecule has 0 aliphatic carbocycles. The van der Waals surface area contributed by atoms with Gasteiger partial charge in [0.15, 0.2) is 6.61 Å². The fourth-order valence-corrected chi connectivity index (χ4v) is 3.15. The number of ether oxygens (including phenoxy) is 1. The van der Waals surface area contributed by atoms with Gasteiger partial charge in [0.1, 0.15) is 0 Å². The van der Waals surface area contributed by atoms with Crippen molar-refractivity contribution in [2.24, 2.45) is 0 Å². The first kappa shape index (κ1) is 19.3. The molecule has 0 radical (unpaired) electrons. The molecule has 0 spiro atoms. The third-order valence-corrected chi connectivity index (χ3v) is 4.75. The Kier molecular flexibility index (Phi) is 5.84. The van der Waals surface area contributed by atoms with Crippen LogP contribution in [0.2, 0.25) is 0 Å². The van der Waals surface area contributed by atoms with Crippen LogP contribution in [-0.4, -0.2) is 41.4 Å². The van der Waals surface area contributed by atoms with E-state index in [0.29, 0.717) is 13.1 Å². The van der Waals surface area contributed by atoms with Gasteiger partial charge in [-0.1, -0.05) is 42.5 Å². The standard InChI is InChI=1S/C21H20N2O5/c1-15-18(8-5-9-19(15)23(26)27)21(25)28-14-20(24)22-12-10-17(11-13-22)16-6-3-2-4-7-16/h2-10H,11-14H2,1H3. The third kappa shape index (κ3) is 4.25. The number of nitro groups is 1. The highest BCUT2D eigenvalue weighted by molar-refractivity contribution is 5.93. The van der Waals surface area contributed by atoms with Crippen molar-refractivity contribution in [3.05, 3.63) is 81.4 Å². The van der Waals surface area contributed by atoms with Crippen molar-refractivity contribution in [3.63, 3.8) is 0 Å². The predicted molar refractivity (Wildman–Crippen MR) is 104 cm³/mol. The second kappa shape index (κ2) is 8.47. The Bertz CT molecular complexity index is 937. The minimum absolute atomic E-state index is 0.0897. The lowest BCUT2D eigenvalue weighted by molar-refractivity contribution is -0.385. The average Bonchev–Trinajstić information content (AvgIpc) is 2.72. The molecule has 3 rings (SSSR count). The summed E-state index contributed by atoms with van der Waals surface area (Å²) in [6.45, 7) is 2.09. The van der Waals surface area contributed by atoms with E-state index in [2.05, 4.69) is 0 Å². The van der Waals surface area contributed by atoms with Gasteiger partial charge in [-0.05, 0) is 30.5 Å². The van der Waals surface area contributed by atoms with Crippen LogP contribution in [0.4, 0.5) is 5.69 Å². The molecule has 0 fully saturated rings. The van der Waals surface area contributed by atoms with Crippen molar-refractivity contribution < 1.29 is 19.2 Å². The fourth-order valence-electron chi connectivity index (χ4n) is 3.15. The number of rotatable bonds is 5. The lowest BCUT2D eigenvalue weighted by Crippen LogP contribution is -2.37. The van der Waals surface area contributed by atoms with Gasteiger partial charge in [0.2, 0.25) is 0 Å². The summed E-state index contributed by atoms with van der Waals surface area (Å²) in [6, 6.07) is 14.2. The molecule has 0 bridgehead atoms. The van der Waals surface area contributed by atoms with Crippen LogP contribution >= 0.6 is 0 Å². The zero-order chi connectivity index (χ0) is 20.1. The van der Waals surface area contributed by atoms with Gasteiger partial charge in [-0.25, -0.2) is 4.79 Å². The average molecular weight is 380 g/mol. The Morgan fingerprint density at radius 3 is 2.54 bits per heavy atom. The van der Waals surface area contributed by atoms with E-state index in [-0.39, 0.29) is 22.7 Å². The van der Waals surface area contributed by atoms with Gasteiger partial charge in [0.05, 0.1) is 10.5 Å². The third-order valence-electron chi connectivity index (χ3n) is 4.75. The molecule has 1 amide bonds. The van der Waals surface area contributed by atoms with Crippen LogP contribution in [0.15, 0.2) is 54.6 Å². The second-order valence-electron chi connectivity index (χ2n) is 6.47. The van der Waals surface area contributed by atoms with Crippen LogP contribution in [0, 0.1) is 17.0 Å². The fraction of sp³-hybridized carbons (Fsp3) is 0.238.